The zero-order valence-electron chi connectivity index (χ0n) is 11.5. The summed E-state index contributed by atoms with van der Waals surface area (Å²) in [6.45, 7) is 0.938. The van der Waals surface area contributed by atoms with Crippen LogP contribution in [0.3, 0.4) is 0 Å². The molecule has 104 valence electrons. The molecule has 3 rings (SSSR count). The Morgan fingerprint density at radius 3 is 2.90 bits per heavy atom. The molecule has 1 heterocycles. The van der Waals surface area contributed by atoms with Crippen molar-refractivity contribution in [2.24, 2.45) is 0 Å². The van der Waals surface area contributed by atoms with Gasteiger partial charge in [0.15, 0.2) is 11.6 Å². The number of nitrogens with one attached hydrogen (secondary N) is 1. The number of rotatable bonds is 3. The highest BCUT2D eigenvalue weighted by atomic mass is 19.1. The van der Waals surface area contributed by atoms with Crippen molar-refractivity contribution < 1.29 is 9.13 Å². The van der Waals surface area contributed by atoms with E-state index in [0.29, 0.717) is 17.7 Å². The number of benzene rings is 2. The molecule has 2 aromatic carbocycles. The van der Waals surface area contributed by atoms with Crippen molar-refractivity contribution in [3.05, 3.63) is 65.0 Å². The number of hydrogen-bond acceptors (Lipinski definition) is 2. The van der Waals surface area contributed by atoms with E-state index in [1.165, 1.54) is 18.2 Å². The lowest BCUT2D eigenvalue weighted by Gasteiger charge is -2.27. The summed E-state index contributed by atoms with van der Waals surface area (Å²) in [5.74, 6) is 0.0615. The topological polar surface area (TPSA) is 21.3 Å². The van der Waals surface area contributed by atoms with Gasteiger partial charge in [-0.1, -0.05) is 36.4 Å². The van der Waals surface area contributed by atoms with Gasteiger partial charge in [0.05, 0.1) is 7.11 Å². The molecule has 1 N–H and O–H groups in total. The first-order valence-electron chi connectivity index (χ1n) is 6.92. The van der Waals surface area contributed by atoms with Gasteiger partial charge in [-0.25, -0.2) is 4.39 Å². The molecular formula is C17H18FNO. The standard InChI is InChI=1S/C17H18FNO/c1-20-16-8-4-6-13(17(16)18)11-15-14-7-3-2-5-12(14)9-10-19-15/h2-8,15,19H,9-11H2,1H3. The fraction of sp³-hybridized carbons (Fsp3) is 0.294. The number of ether oxygens (including phenoxy) is 1. The summed E-state index contributed by atoms with van der Waals surface area (Å²) >= 11 is 0. The molecule has 1 aliphatic heterocycles. The van der Waals surface area contributed by atoms with E-state index in [0.717, 1.165) is 13.0 Å². The normalized spacial score (nSPS) is 17.6. The summed E-state index contributed by atoms with van der Waals surface area (Å²) in [4.78, 5) is 0. The maximum absolute atomic E-state index is 14.3. The fourth-order valence-corrected chi connectivity index (χ4v) is 2.87. The summed E-state index contributed by atoms with van der Waals surface area (Å²) in [7, 11) is 1.50. The molecule has 0 saturated carbocycles. The van der Waals surface area contributed by atoms with Crippen molar-refractivity contribution in [3.63, 3.8) is 0 Å². The Morgan fingerprint density at radius 2 is 2.05 bits per heavy atom. The number of methoxy groups -OCH3 is 1. The van der Waals surface area contributed by atoms with Crippen LogP contribution in [0.4, 0.5) is 4.39 Å². The lowest BCUT2D eigenvalue weighted by Crippen LogP contribution is -2.31. The smallest absolute Gasteiger partial charge is 0.168 e. The first-order valence-corrected chi connectivity index (χ1v) is 6.92. The largest absolute Gasteiger partial charge is 0.494 e. The zero-order valence-corrected chi connectivity index (χ0v) is 11.5. The van der Waals surface area contributed by atoms with Crippen LogP contribution in [0, 0.1) is 5.82 Å². The van der Waals surface area contributed by atoms with Crippen LogP contribution in [0.1, 0.15) is 22.7 Å². The summed E-state index contributed by atoms with van der Waals surface area (Å²) < 4.78 is 19.3. The number of halogens is 1. The molecule has 1 aliphatic rings. The maximum atomic E-state index is 14.3. The van der Waals surface area contributed by atoms with Gasteiger partial charge in [0.1, 0.15) is 0 Å². The Balaban J connectivity index is 1.90. The predicted molar refractivity (Wildman–Crippen MR) is 77.5 cm³/mol. The summed E-state index contributed by atoms with van der Waals surface area (Å²) in [6.07, 6.45) is 1.67. The van der Waals surface area contributed by atoms with Crippen molar-refractivity contribution in [1.82, 2.24) is 5.32 Å². The van der Waals surface area contributed by atoms with Gasteiger partial charge in [0.2, 0.25) is 0 Å². The Hall–Kier alpha value is -1.87. The molecule has 20 heavy (non-hydrogen) atoms. The molecule has 1 atom stereocenters. The van der Waals surface area contributed by atoms with E-state index in [4.69, 9.17) is 4.74 Å². The van der Waals surface area contributed by atoms with E-state index in [1.807, 2.05) is 18.2 Å². The summed E-state index contributed by atoms with van der Waals surface area (Å²) in [5, 5.41) is 3.48. The molecule has 0 fully saturated rings. The highest BCUT2D eigenvalue weighted by molar-refractivity contribution is 5.36. The quantitative estimate of drug-likeness (QED) is 0.925. The number of hydrogen-bond donors (Lipinski definition) is 1. The average Bonchev–Trinajstić information content (AvgIpc) is 2.50. The van der Waals surface area contributed by atoms with Crippen LogP contribution in [-0.2, 0) is 12.8 Å². The molecule has 0 bridgehead atoms. The molecule has 0 amide bonds. The van der Waals surface area contributed by atoms with Crippen LogP contribution >= 0.6 is 0 Å². The fourth-order valence-electron chi connectivity index (χ4n) is 2.87. The first-order chi connectivity index (χ1) is 9.79. The van der Waals surface area contributed by atoms with Crippen LogP contribution in [0.5, 0.6) is 5.75 Å². The third-order valence-corrected chi connectivity index (χ3v) is 3.90. The molecule has 0 aliphatic carbocycles. The van der Waals surface area contributed by atoms with E-state index < -0.39 is 0 Å². The molecule has 2 aromatic rings. The van der Waals surface area contributed by atoms with Crippen LogP contribution in [0.25, 0.3) is 0 Å². The highest BCUT2D eigenvalue weighted by Gasteiger charge is 2.21. The third kappa shape index (κ3) is 2.41. The van der Waals surface area contributed by atoms with Gasteiger partial charge in [-0.3, -0.25) is 0 Å². The zero-order chi connectivity index (χ0) is 13.9. The van der Waals surface area contributed by atoms with Gasteiger partial charge in [0, 0.05) is 6.04 Å². The monoisotopic (exact) mass is 271 g/mol. The van der Waals surface area contributed by atoms with Crippen molar-refractivity contribution >= 4 is 0 Å². The molecule has 3 heteroatoms. The maximum Gasteiger partial charge on any atom is 0.168 e. The molecule has 0 aromatic heterocycles. The number of fused-ring (bicyclic) bond motifs is 1. The van der Waals surface area contributed by atoms with Gasteiger partial charge in [0.25, 0.3) is 0 Å². The van der Waals surface area contributed by atoms with Crippen molar-refractivity contribution in [3.8, 4) is 5.75 Å². The molecule has 2 nitrogen and oxygen atoms in total. The second-order valence-electron chi connectivity index (χ2n) is 5.09. The Kier molecular flexibility index (Phi) is 3.70. The second kappa shape index (κ2) is 5.63. The lowest BCUT2D eigenvalue weighted by atomic mass is 9.90. The molecule has 0 saturated heterocycles. The van der Waals surface area contributed by atoms with E-state index in [1.54, 1.807) is 6.07 Å². The van der Waals surface area contributed by atoms with E-state index in [9.17, 15) is 4.39 Å². The third-order valence-electron chi connectivity index (χ3n) is 3.90. The van der Waals surface area contributed by atoms with Crippen LogP contribution < -0.4 is 10.1 Å². The SMILES string of the molecule is COc1cccc(CC2NCCc3ccccc32)c1F. The first kappa shape index (κ1) is 13.1. The van der Waals surface area contributed by atoms with Crippen LogP contribution in [-0.4, -0.2) is 13.7 Å². The van der Waals surface area contributed by atoms with E-state index >= 15 is 0 Å². The van der Waals surface area contributed by atoms with E-state index in [-0.39, 0.29) is 11.9 Å². The minimum Gasteiger partial charge on any atom is -0.494 e. The van der Waals surface area contributed by atoms with Crippen LogP contribution in [0.15, 0.2) is 42.5 Å². The molecule has 1 unspecified atom stereocenters. The van der Waals surface area contributed by atoms with Gasteiger partial charge in [-0.05, 0) is 42.1 Å². The molecule has 0 spiro atoms. The second-order valence-corrected chi connectivity index (χ2v) is 5.09. The summed E-state index contributed by atoms with van der Waals surface area (Å²) in [5.41, 5.74) is 3.33. The van der Waals surface area contributed by atoms with Gasteiger partial charge in [-0.2, -0.15) is 0 Å². The minimum absolute atomic E-state index is 0.168. The van der Waals surface area contributed by atoms with Crippen molar-refractivity contribution in [1.29, 1.82) is 0 Å². The molecular weight excluding hydrogens is 253 g/mol. The van der Waals surface area contributed by atoms with Gasteiger partial charge in [-0.15, -0.1) is 0 Å². The summed E-state index contributed by atoms with van der Waals surface area (Å²) in [6, 6.07) is 13.9. The van der Waals surface area contributed by atoms with Gasteiger partial charge < -0.3 is 10.1 Å². The minimum atomic E-state index is -0.250. The lowest BCUT2D eigenvalue weighted by molar-refractivity contribution is 0.382. The van der Waals surface area contributed by atoms with Gasteiger partial charge >= 0.3 is 0 Å². The Bertz CT molecular complexity index is 612. The Morgan fingerprint density at radius 1 is 1.20 bits per heavy atom. The van der Waals surface area contributed by atoms with Crippen molar-refractivity contribution in [2.75, 3.05) is 13.7 Å². The predicted octanol–water partition coefficient (Wildman–Crippen LogP) is 3.26. The highest BCUT2D eigenvalue weighted by Crippen LogP contribution is 2.28. The van der Waals surface area contributed by atoms with Crippen LogP contribution in [0.2, 0.25) is 0 Å². The van der Waals surface area contributed by atoms with E-state index in [2.05, 4.69) is 23.5 Å². The molecule has 0 radical (unpaired) electrons. The van der Waals surface area contributed by atoms with Crippen molar-refractivity contribution in [2.45, 2.75) is 18.9 Å². The Labute approximate surface area is 118 Å². The average molecular weight is 271 g/mol.